The van der Waals surface area contributed by atoms with Crippen LogP contribution in [-0.2, 0) is 16.1 Å². The minimum Gasteiger partial charge on any atom is -0.315 e. The van der Waals surface area contributed by atoms with Crippen LogP contribution in [0.2, 0.25) is 0 Å². The lowest BCUT2D eigenvalue weighted by molar-refractivity contribution is -0.136. The highest BCUT2D eigenvalue weighted by atomic mass is 79.9. The van der Waals surface area contributed by atoms with Crippen LogP contribution >= 0.6 is 27.7 Å². The Morgan fingerprint density at radius 1 is 1.33 bits per heavy atom. The minimum absolute atomic E-state index is 0.0468. The molecule has 2 aromatic rings. The number of pyridine rings is 1. The van der Waals surface area contributed by atoms with Gasteiger partial charge in [-0.3, -0.25) is 14.6 Å². The Labute approximate surface area is 171 Å². The third kappa shape index (κ3) is 3.50. The second-order valence-corrected chi connectivity index (χ2v) is 9.40. The van der Waals surface area contributed by atoms with Gasteiger partial charge in [-0.25, -0.2) is 0 Å². The average molecular weight is 446 g/mol. The van der Waals surface area contributed by atoms with Crippen molar-refractivity contribution in [2.75, 3.05) is 10.7 Å². The van der Waals surface area contributed by atoms with Gasteiger partial charge in [0.05, 0.1) is 17.1 Å². The molecule has 0 aliphatic carbocycles. The molecule has 2 unspecified atom stereocenters. The molecule has 1 aromatic heterocycles. The first kappa shape index (κ1) is 18.5. The normalized spacial score (nSPS) is 24.1. The van der Waals surface area contributed by atoms with E-state index < -0.39 is 6.04 Å². The maximum atomic E-state index is 13.5. The van der Waals surface area contributed by atoms with Crippen LogP contribution in [0.4, 0.5) is 5.69 Å². The van der Waals surface area contributed by atoms with Crippen LogP contribution in [0, 0.1) is 0 Å². The lowest BCUT2D eigenvalue weighted by Crippen LogP contribution is -2.51. The summed E-state index contributed by atoms with van der Waals surface area (Å²) >= 11 is 5.16. The number of aromatic nitrogens is 1. The van der Waals surface area contributed by atoms with Crippen molar-refractivity contribution < 1.29 is 9.59 Å². The molecule has 0 saturated carbocycles. The van der Waals surface area contributed by atoms with Crippen LogP contribution in [0.1, 0.15) is 25.5 Å². The van der Waals surface area contributed by atoms with Crippen LogP contribution in [-0.4, -0.2) is 38.4 Å². The number of benzene rings is 1. The highest BCUT2D eigenvalue weighted by molar-refractivity contribution is 9.10. The summed E-state index contributed by atoms with van der Waals surface area (Å²) in [5.74, 6) is 0.667. The van der Waals surface area contributed by atoms with E-state index in [2.05, 4.69) is 27.8 Å². The molecule has 0 N–H and O–H groups in total. The maximum Gasteiger partial charge on any atom is 0.251 e. The van der Waals surface area contributed by atoms with Gasteiger partial charge in [0.2, 0.25) is 5.91 Å². The Balaban J connectivity index is 1.66. The van der Waals surface area contributed by atoms with Gasteiger partial charge in [0.15, 0.2) is 0 Å². The van der Waals surface area contributed by atoms with Crippen molar-refractivity contribution >= 4 is 45.2 Å². The van der Waals surface area contributed by atoms with E-state index in [0.717, 1.165) is 22.3 Å². The summed E-state index contributed by atoms with van der Waals surface area (Å²) in [5.41, 5.74) is 1.62. The van der Waals surface area contributed by atoms with E-state index in [9.17, 15) is 9.59 Å². The van der Waals surface area contributed by atoms with Gasteiger partial charge in [0.25, 0.3) is 5.91 Å². The van der Waals surface area contributed by atoms with Crippen molar-refractivity contribution in [3.63, 3.8) is 0 Å². The summed E-state index contributed by atoms with van der Waals surface area (Å²) in [6, 6.07) is 12.9. The molecule has 27 heavy (non-hydrogen) atoms. The summed E-state index contributed by atoms with van der Waals surface area (Å²) in [6.07, 6.45) is 3.05. The Bertz CT molecular complexity index is 861. The van der Waals surface area contributed by atoms with Crippen LogP contribution < -0.4 is 4.90 Å². The van der Waals surface area contributed by atoms with E-state index in [4.69, 9.17) is 0 Å². The van der Waals surface area contributed by atoms with Gasteiger partial charge < -0.3 is 9.80 Å². The molecule has 1 aromatic carbocycles. The predicted octanol–water partition coefficient (Wildman–Crippen LogP) is 3.83. The number of carbonyl (C=O) groups excluding carboxylic acids is 2. The third-order valence-corrected chi connectivity index (χ3v) is 7.21. The monoisotopic (exact) mass is 445 g/mol. The summed E-state index contributed by atoms with van der Waals surface area (Å²) in [4.78, 5) is 33.7. The Morgan fingerprint density at radius 2 is 2.11 bits per heavy atom. The molecule has 2 aliphatic heterocycles. The van der Waals surface area contributed by atoms with Crippen molar-refractivity contribution in [3.8, 4) is 0 Å². The molecule has 140 valence electrons. The molecule has 3 heterocycles. The van der Waals surface area contributed by atoms with Gasteiger partial charge in [-0.15, -0.1) is 11.8 Å². The van der Waals surface area contributed by atoms with E-state index >= 15 is 0 Å². The zero-order chi connectivity index (χ0) is 19.0. The van der Waals surface area contributed by atoms with Gasteiger partial charge in [-0.2, -0.15) is 0 Å². The topological polar surface area (TPSA) is 53.5 Å². The zero-order valence-electron chi connectivity index (χ0n) is 15.0. The average Bonchev–Trinajstić information content (AvgIpc) is 3.17. The fourth-order valence-corrected chi connectivity index (χ4v) is 5.44. The van der Waals surface area contributed by atoms with Gasteiger partial charge in [-0.05, 0) is 49.7 Å². The molecule has 4 rings (SSSR count). The first-order chi connectivity index (χ1) is 13.0. The second kappa shape index (κ2) is 7.28. The van der Waals surface area contributed by atoms with Gasteiger partial charge in [0.1, 0.15) is 6.04 Å². The highest BCUT2D eigenvalue weighted by Crippen LogP contribution is 2.47. The summed E-state index contributed by atoms with van der Waals surface area (Å²) in [5, 5.41) is 0. The van der Waals surface area contributed by atoms with E-state index in [1.165, 1.54) is 0 Å². The molecule has 0 bridgehead atoms. The van der Waals surface area contributed by atoms with Crippen LogP contribution in [0.15, 0.2) is 53.1 Å². The number of hydrogen-bond acceptors (Lipinski definition) is 4. The number of carbonyl (C=O) groups is 2. The largest absolute Gasteiger partial charge is 0.315 e. The molecule has 2 aliphatic rings. The highest BCUT2D eigenvalue weighted by Gasteiger charge is 2.53. The molecule has 5 nitrogen and oxygen atoms in total. The first-order valence-electron chi connectivity index (χ1n) is 8.91. The molecule has 2 saturated heterocycles. The van der Waals surface area contributed by atoms with E-state index in [1.54, 1.807) is 22.9 Å². The van der Waals surface area contributed by atoms with E-state index in [-0.39, 0.29) is 16.7 Å². The second-order valence-electron chi connectivity index (χ2n) is 6.99. The molecule has 2 atom stereocenters. The number of hydrogen-bond donors (Lipinski definition) is 0. The molecule has 0 spiro atoms. The lowest BCUT2D eigenvalue weighted by Gasteiger charge is -2.33. The van der Waals surface area contributed by atoms with Crippen LogP contribution in [0.3, 0.4) is 0 Å². The smallest absolute Gasteiger partial charge is 0.251 e. The van der Waals surface area contributed by atoms with Crippen LogP contribution in [0.25, 0.3) is 0 Å². The number of anilines is 1. The number of thioether (sulfide) groups is 1. The SMILES string of the molecule is CC12CCC(=O)N1C(C(=O)N(Cc1ccccn1)c1ccc(Br)cc1)CS2. The number of fused-ring (bicyclic) bond motifs is 1. The summed E-state index contributed by atoms with van der Waals surface area (Å²) < 4.78 is 0.954. The van der Waals surface area contributed by atoms with Crippen molar-refractivity contribution in [1.82, 2.24) is 9.88 Å². The number of nitrogens with zero attached hydrogens (tertiary/aromatic N) is 3. The fraction of sp³-hybridized carbons (Fsp3) is 0.350. The molecule has 2 amide bonds. The van der Waals surface area contributed by atoms with Gasteiger partial charge in [-0.1, -0.05) is 22.0 Å². The molecular formula is C20H20BrN3O2S. The number of amides is 2. The third-order valence-electron chi connectivity index (χ3n) is 5.18. The number of halogens is 1. The first-order valence-corrected chi connectivity index (χ1v) is 10.7. The molecule has 0 radical (unpaired) electrons. The molecular weight excluding hydrogens is 426 g/mol. The van der Waals surface area contributed by atoms with Crippen molar-refractivity contribution in [2.45, 2.75) is 37.2 Å². The fourth-order valence-electron chi connectivity index (χ4n) is 3.75. The van der Waals surface area contributed by atoms with Crippen LogP contribution in [0.5, 0.6) is 0 Å². The minimum atomic E-state index is -0.428. The predicted molar refractivity (Wildman–Crippen MR) is 110 cm³/mol. The Morgan fingerprint density at radius 3 is 2.81 bits per heavy atom. The van der Waals surface area contributed by atoms with Gasteiger partial charge >= 0.3 is 0 Å². The molecule has 2 fully saturated rings. The Kier molecular flexibility index (Phi) is 4.99. The summed E-state index contributed by atoms with van der Waals surface area (Å²) in [7, 11) is 0. The van der Waals surface area contributed by atoms with Gasteiger partial charge in [0, 0.05) is 28.5 Å². The van der Waals surface area contributed by atoms with Crippen molar-refractivity contribution in [1.29, 1.82) is 0 Å². The standard InChI is InChI=1S/C20H20BrN3O2S/c1-20-10-9-18(25)24(20)17(13-27-20)19(26)23(12-15-4-2-3-11-22-15)16-7-5-14(21)6-8-16/h2-8,11,17H,9-10,12-13H2,1H3. The molecule has 7 heteroatoms. The van der Waals surface area contributed by atoms with E-state index in [0.29, 0.717) is 18.7 Å². The maximum absolute atomic E-state index is 13.5. The lowest BCUT2D eigenvalue weighted by atomic mass is 10.1. The quantitative estimate of drug-likeness (QED) is 0.717. The zero-order valence-corrected chi connectivity index (χ0v) is 17.4. The Hall–Kier alpha value is -1.86. The van der Waals surface area contributed by atoms with Crippen molar-refractivity contribution in [2.24, 2.45) is 0 Å². The summed E-state index contributed by atoms with van der Waals surface area (Å²) in [6.45, 7) is 2.44. The van der Waals surface area contributed by atoms with Crippen molar-refractivity contribution in [3.05, 3.63) is 58.8 Å². The number of rotatable bonds is 4. The van der Waals surface area contributed by atoms with E-state index in [1.807, 2.05) is 47.4 Å².